The van der Waals surface area contributed by atoms with Gasteiger partial charge in [-0.25, -0.2) is 0 Å². The lowest BCUT2D eigenvalue weighted by Gasteiger charge is -2.38. The summed E-state index contributed by atoms with van der Waals surface area (Å²) < 4.78 is 0. The van der Waals surface area contributed by atoms with E-state index in [1.165, 1.54) is 0 Å². The van der Waals surface area contributed by atoms with Gasteiger partial charge < -0.3 is 15.3 Å². The Morgan fingerprint density at radius 3 is 2.16 bits per heavy atom. The van der Waals surface area contributed by atoms with Crippen LogP contribution >= 0.6 is 0 Å². The summed E-state index contributed by atoms with van der Waals surface area (Å²) >= 11 is 0. The van der Waals surface area contributed by atoms with Gasteiger partial charge in [0.2, 0.25) is 5.91 Å². The van der Waals surface area contributed by atoms with Crippen LogP contribution in [0.1, 0.15) is 30.0 Å². The van der Waals surface area contributed by atoms with Crippen molar-refractivity contribution >= 4 is 5.91 Å². The second-order valence-corrected chi connectivity index (χ2v) is 7.10. The van der Waals surface area contributed by atoms with E-state index in [1.54, 1.807) is 0 Å². The monoisotopic (exact) mass is 336 g/mol. The second-order valence-electron chi connectivity index (χ2n) is 7.10. The maximum atomic E-state index is 13.4. The number of aliphatic hydroxyl groups excluding tert-OH is 1. The van der Waals surface area contributed by atoms with Crippen molar-refractivity contribution in [1.29, 1.82) is 0 Å². The molecule has 2 saturated heterocycles. The molecule has 0 radical (unpaired) electrons. The fraction of sp³-hybridized carbons (Fsp3) is 0.381. The highest BCUT2D eigenvalue weighted by Gasteiger charge is 2.53. The molecule has 0 aliphatic carbocycles. The Labute approximate surface area is 148 Å². The highest BCUT2D eigenvalue weighted by atomic mass is 16.3. The first kappa shape index (κ1) is 16.3. The van der Waals surface area contributed by atoms with Crippen molar-refractivity contribution in [2.75, 3.05) is 19.6 Å². The molecular weight excluding hydrogens is 312 g/mol. The molecule has 4 rings (SSSR count). The van der Waals surface area contributed by atoms with E-state index in [-0.39, 0.29) is 11.9 Å². The van der Waals surface area contributed by atoms with Crippen LogP contribution in [0.25, 0.3) is 0 Å². The van der Waals surface area contributed by atoms with E-state index in [1.807, 2.05) is 41.3 Å². The number of nitrogens with zero attached hydrogens (tertiary/aromatic N) is 1. The predicted octanol–water partition coefficient (Wildman–Crippen LogP) is 2.35. The summed E-state index contributed by atoms with van der Waals surface area (Å²) in [7, 11) is 0. The molecule has 1 spiro atoms. The van der Waals surface area contributed by atoms with Crippen LogP contribution in [0, 0.1) is 5.41 Å². The Bertz CT molecular complexity index is 695. The van der Waals surface area contributed by atoms with Gasteiger partial charge in [0, 0.05) is 13.1 Å². The zero-order valence-electron chi connectivity index (χ0n) is 14.3. The van der Waals surface area contributed by atoms with Crippen molar-refractivity contribution in [2.24, 2.45) is 5.41 Å². The smallest absolute Gasteiger partial charge is 0.232 e. The van der Waals surface area contributed by atoms with E-state index in [9.17, 15) is 9.90 Å². The Kier molecular flexibility index (Phi) is 4.32. The lowest BCUT2D eigenvalue weighted by atomic mass is 9.75. The van der Waals surface area contributed by atoms with Crippen LogP contribution in [0.15, 0.2) is 60.7 Å². The van der Waals surface area contributed by atoms with Gasteiger partial charge >= 0.3 is 0 Å². The van der Waals surface area contributed by atoms with Crippen LogP contribution in [0.4, 0.5) is 0 Å². The molecule has 2 fully saturated rings. The number of carbonyl (C=O) groups is 1. The molecule has 2 N–H and O–H groups in total. The van der Waals surface area contributed by atoms with Gasteiger partial charge in [-0.1, -0.05) is 60.7 Å². The zero-order valence-corrected chi connectivity index (χ0v) is 14.3. The summed E-state index contributed by atoms with van der Waals surface area (Å²) in [5, 5.41) is 13.8. The highest BCUT2D eigenvalue weighted by Crippen LogP contribution is 2.44. The van der Waals surface area contributed by atoms with E-state index < -0.39 is 11.5 Å². The zero-order chi connectivity index (χ0) is 17.3. The van der Waals surface area contributed by atoms with Crippen LogP contribution in [0.2, 0.25) is 0 Å². The molecule has 25 heavy (non-hydrogen) atoms. The SMILES string of the molecule is O=C1N(C(c2ccccc2)c2ccccc2)CCC12CCNCC2O. The van der Waals surface area contributed by atoms with Crippen molar-refractivity contribution in [3.05, 3.63) is 71.8 Å². The minimum absolute atomic E-state index is 0.0965. The standard InChI is InChI=1S/C21H24N2O2/c24-18-15-22-13-11-21(18)12-14-23(20(21)25)19(16-7-3-1-4-8-16)17-9-5-2-6-10-17/h1-10,18-19,22,24H,11-15H2. The third-order valence-electron chi connectivity index (χ3n) is 5.75. The molecule has 0 bridgehead atoms. The topological polar surface area (TPSA) is 52.6 Å². The summed E-state index contributed by atoms with van der Waals surface area (Å²) in [6.45, 7) is 1.98. The van der Waals surface area contributed by atoms with Gasteiger partial charge in [0.25, 0.3) is 0 Å². The van der Waals surface area contributed by atoms with Crippen molar-refractivity contribution in [2.45, 2.75) is 25.0 Å². The molecule has 2 aliphatic rings. The fourth-order valence-electron chi connectivity index (χ4n) is 4.34. The molecule has 2 aromatic carbocycles. The van der Waals surface area contributed by atoms with E-state index in [2.05, 4.69) is 29.6 Å². The lowest BCUT2D eigenvalue weighted by molar-refractivity contribution is -0.145. The van der Waals surface area contributed by atoms with E-state index in [0.717, 1.165) is 24.1 Å². The van der Waals surface area contributed by atoms with Crippen molar-refractivity contribution in [3.63, 3.8) is 0 Å². The first-order chi connectivity index (χ1) is 12.2. The number of likely N-dealkylation sites (tertiary alicyclic amines) is 1. The number of aliphatic hydroxyl groups is 1. The van der Waals surface area contributed by atoms with Crippen LogP contribution in [0.5, 0.6) is 0 Å². The number of nitrogens with one attached hydrogen (secondary N) is 1. The average Bonchev–Trinajstić information content (AvgIpc) is 2.98. The minimum Gasteiger partial charge on any atom is -0.391 e. The van der Waals surface area contributed by atoms with Crippen molar-refractivity contribution in [3.8, 4) is 0 Å². The second kappa shape index (κ2) is 6.62. The van der Waals surface area contributed by atoms with E-state index in [0.29, 0.717) is 19.5 Å². The number of hydrogen-bond donors (Lipinski definition) is 2. The Morgan fingerprint density at radius 2 is 1.60 bits per heavy atom. The molecule has 0 saturated carbocycles. The van der Waals surface area contributed by atoms with Gasteiger partial charge in [0.15, 0.2) is 0 Å². The summed E-state index contributed by atoms with van der Waals surface area (Å²) in [5.41, 5.74) is 1.61. The molecule has 130 valence electrons. The normalized spacial score (nSPS) is 26.6. The lowest BCUT2D eigenvalue weighted by Crippen LogP contribution is -2.53. The molecule has 4 heteroatoms. The Morgan fingerprint density at radius 1 is 1.00 bits per heavy atom. The molecule has 2 heterocycles. The number of piperidine rings is 1. The summed E-state index contributed by atoms with van der Waals surface area (Å²) in [5.74, 6) is 0.0965. The van der Waals surface area contributed by atoms with Gasteiger partial charge in [-0.2, -0.15) is 0 Å². The average molecular weight is 336 g/mol. The van der Waals surface area contributed by atoms with E-state index in [4.69, 9.17) is 0 Å². The molecule has 2 aliphatic heterocycles. The number of amides is 1. The number of hydrogen-bond acceptors (Lipinski definition) is 3. The maximum absolute atomic E-state index is 13.4. The third-order valence-corrected chi connectivity index (χ3v) is 5.75. The minimum atomic E-state index is -0.618. The molecule has 2 unspecified atom stereocenters. The Balaban J connectivity index is 1.73. The van der Waals surface area contributed by atoms with Crippen LogP contribution in [0.3, 0.4) is 0 Å². The highest BCUT2D eigenvalue weighted by molar-refractivity contribution is 5.86. The van der Waals surface area contributed by atoms with Gasteiger partial charge in [-0.15, -0.1) is 0 Å². The van der Waals surface area contributed by atoms with Crippen molar-refractivity contribution < 1.29 is 9.90 Å². The first-order valence-electron chi connectivity index (χ1n) is 9.02. The van der Waals surface area contributed by atoms with Gasteiger partial charge in [0.1, 0.15) is 0 Å². The number of benzene rings is 2. The predicted molar refractivity (Wildman–Crippen MR) is 97.0 cm³/mol. The molecule has 1 amide bonds. The number of β-amino-alcohol motifs (C(OH)–C–C–N with tert-alkyl or cyclic N) is 1. The largest absolute Gasteiger partial charge is 0.391 e. The van der Waals surface area contributed by atoms with Crippen molar-refractivity contribution in [1.82, 2.24) is 10.2 Å². The van der Waals surface area contributed by atoms with Gasteiger partial charge in [0.05, 0.1) is 17.6 Å². The fourth-order valence-corrected chi connectivity index (χ4v) is 4.34. The van der Waals surface area contributed by atoms with Gasteiger partial charge in [-0.05, 0) is 30.5 Å². The quantitative estimate of drug-likeness (QED) is 0.905. The first-order valence-corrected chi connectivity index (χ1v) is 9.02. The van der Waals surface area contributed by atoms with Crippen LogP contribution in [-0.4, -0.2) is 41.7 Å². The van der Waals surface area contributed by atoms with Crippen LogP contribution < -0.4 is 5.32 Å². The third kappa shape index (κ3) is 2.75. The molecular formula is C21H24N2O2. The molecule has 2 atom stereocenters. The van der Waals surface area contributed by atoms with Gasteiger partial charge in [-0.3, -0.25) is 4.79 Å². The van der Waals surface area contributed by atoms with E-state index >= 15 is 0 Å². The Hall–Kier alpha value is -2.17. The number of carbonyl (C=O) groups excluding carboxylic acids is 1. The molecule has 0 aromatic heterocycles. The molecule has 2 aromatic rings. The molecule has 4 nitrogen and oxygen atoms in total. The van der Waals surface area contributed by atoms with Crippen LogP contribution in [-0.2, 0) is 4.79 Å². The number of rotatable bonds is 3. The summed E-state index contributed by atoms with van der Waals surface area (Å²) in [6, 6.07) is 20.3. The summed E-state index contributed by atoms with van der Waals surface area (Å²) in [6.07, 6.45) is 0.830. The summed E-state index contributed by atoms with van der Waals surface area (Å²) in [4.78, 5) is 15.4. The maximum Gasteiger partial charge on any atom is 0.232 e.